The second-order valence-corrected chi connectivity index (χ2v) is 2.62. The zero-order chi connectivity index (χ0) is 7.72. The third-order valence-corrected chi connectivity index (χ3v) is 2.07. The molecule has 0 amide bonds. The van der Waals surface area contributed by atoms with Gasteiger partial charge in [0.15, 0.2) is 5.11 Å². The molecule has 0 fully saturated rings. The summed E-state index contributed by atoms with van der Waals surface area (Å²) in [6, 6.07) is 0. The minimum atomic E-state index is 0.785. The monoisotopic (exact) mass is 154 g/mol. The maximum absolute atomic E-state index is 5.07. The predicted molar refractivity (Wildman–Crippen MR) is 46.4 cm³/mol. The molecule has 0 saturated carbocycles. The molecule has 2 nitrogen and oxygen atoms in total. The van der Waals surface area contributed by atoms with Crippen LogP contribution in [0.5, 0.6) is 0 Å². The summed E-state index contributed by atoms with van der Waals surface area (Å²) in [4.78, 5) is 3.75. The summed E-state index contributed by atoms with van der Waals surface area (Å²) in [7, 11) is 3.83. The van der Waals surface area contributed by atoms with Gasteiger partial charge in [-0.3, -0.25) is 0 Å². The largest absolute Gasteiger partial charge is 0.328 e. The number of hydrogen-bond acceptors (Lipinski definition) is 1. The van der Waals surface area contributed by atoms with E-state index >= 15 is 0 Å². The average Bonchev–Trinajstić information content (AvgIpc) is 1.93. The molecule has 0 aromatic carbocycles. The van der Waals surface area contributed by atoms with Crippen LogP contribution in [0.15, 0.2) is 24.6 Å². The van der Waals surface area contributed by atoms with E-state index in [1.165, 1.54) is 0 Å². The average molecular weight is 154 g/mol. The van der Waals surface area contributed by atoms with Crippen molar-refractivity contribution in [3.8, 4) is 0 Å². The van der Waals surface area contributed by atoms with Crippen molar-refractivity contribution in [2.75, 3.05) is 14.1 Å². The summed E-state index contributed by atoms with van der Waals surface area (Å²) in [5.74, 6) is 0. The lowest BCUT2D eigenvalue weighted by Crippen LogP contribution is -2.37. The third kappa shape index (κ3) is 1.04. The van der Waals surface area contributed by atoms with Gasteiger partial charge in [-0.2, -0.15) is 0 Å². The Kier molecular flexibility index (Phi) is 1.76. The molecule has 0 unspecified atom stereocenters. The van der Waals surface area contributed by atoms with Crippen molar-refractivity contribution in [2.45, 2.75) is 0 Å². The fourth-order valence-corrected chi connectivity index (χ4v) is 0.911. The highest BCUT2D eigenvalue weighted by atomic mass is 32.1. The predicted octanol–water partition coefficient (Wildman–Crippen LogP) is 1.18. The highest BCUT2D eigenvalue weighted by molar-refractivity contribution is 7.80. The molecule has 0 N–H and O–H groups in total. The lowest BCUT2D eigenvalue weighted by atomic mass is 10.4. The van der Waals surface area contributed by atoms with E-state index in [4.69, 9.17) is 12.2 Å². The smallest absolute Gasteiger partial charge is 0.179 e. The Bertz CT molecular complexity index is 208. The zero-order valence-corrected chi connectivity index (χ0v) is 6.98. The standard InChI is InChI=1S/C7H10N2S/c1-6-4-5-8(2)7(10)9(6)3/h4-5H,1H2,2-3H3. The second-order valence-electron chi connectivity index (χ2n) is 2.26. The number of rotatable bonds is 0. The van der Waals surface area contributed by atoms with Gasteiger partial charge in [0.25, 0.3) is 0 Å². The summed E-state index contributed by atoms with van der Waals surface area (Å²) in [6.07, 6.45) is 3.83. The van der Waals surface area contributed by atoms with E-state index in [0.29, 0.717) is 0 Å². The summed E-state index contributed by atoms with van der Waals surface area (Å²) >= 11 is 5.07. The van der Waals surface area contributed by atoms with Gasteiger partial charge in [-0.1, -0.05) is 6.58 Å². The van der Waals surface area contributed by atoms with E-state index in [1.54, 1.807) is 0 Å². The summed E-state index contributed by atoms with van der Waals surface area (Å²) < 4.78 is 0. The van der Waals surface area contributed by atoms with Crippen LogP contribution < -0.4 is 0 Å². The molecule has 1 aliphatic heterocycles. The number of nitrogens with zero attached hydrogens (tertiary/aromatic N) is 2. The van der Waals surface area contributed by atoms with E-state index in [0.717, 1.165) is 10.8 Å². The molecule has 1 rings (SSSR count). The van der Waals surface area contributed by atoms with Gasteiger partial charge in [-0.25, -0.2) is 0 Å². The van der Waals surface area contributed by atoms with Crippen LogP contribution in [0.2, 0.25) is 0 Å². The molecular formula is C7H10N2S. The highest BCUT2D eigenvalue weighted by Crippen LogP contribution is 2.10. The van der Waals surface area contributed by atoms with Gasteiger partial charge < -0.3 is 9.80 Å². The molecule has 1 heterocycles. The van der Waals surface area contributed by atoms with Crippen molar-refractivity contribution in [2.24, 2.45) is 0 Å². The van der Waals surface area contributed by atoms with Crippen molar-refractivity contribution in [3.05, 3.63) is 24.6 Å². The highest BCUT2D eigenvalue weighted by Gasteiger charge is 2.12. The topological polar surface area (TPSA) is 6.48 Å². The van der Waals surface area contributed by atoms with Crippen molar-refractivity contribution >= 4 is 17.3 Å². The SMILES string of the molecule is C=C1C=CN(C)C(=S)N1C. The second kappa shape index (κ2) is 2.42. The fourth-order valence-electron chi connectivity index (χ4n) is 0.733. The first-order valence-corrected chi connectivity index (χ1v) is 3.41. The Morgan fingerprint density at radius 1 is 1.50 bits per heavy atom. The van der Waals surface area contributed by atoms with Crippen molar-refractivity contribution < 1.29 is 0 Å². The minimum Gasteiger partial charge on any atom is -0.328 e. The first-order chi connectivity index (χ1) is 4.63. The number of thiocarbonyl (C=S) groups is 1. The number of allylic oxidation sites excluding steroid dienone is 1. The van der Waals surface area contributed by atoms with Crippen LogP contribution in [0.1, 0.15) is 0 Å². The Morgan fingerprint density at radius 3 is 2.60 bits per heavy atom. The van der Waals surface area contributed by atoms with Crippen LogP contribution in [0, 0.1) is 0 Å². The Hall–Kier alpha value is -0.830. The van der Waals surface area contributed by atoms with E-state index in [9.17, 15) is 0 Å². The van der Waals surface area contributed by atoms with Gasteiger partial charge in [0.05, 0.1) is 0 Å². The fraction of sp³-hybridized carbons (Fsp3) is 0.286. The van der Waals surface area contributed by atoms with Crippen LogP contribution in [-0.2, 0) is 0 Å². The van der Waals surface area contributed by atoms with Crippen molar-refractivity contribution in [1.29, 1.82) is 0 Å². The van der Waals surface area contributed by atoms with Crippen LogP contribution in [0.25, 0.3) is 0 Å². The Labute approximate surface area is 66.4 Å². The van der Waals surface area contributed by atoms with Gasteiger partial charge >= 0.3 is 0 Å². The lowest BCUT2D eigenvalue weighted by Gasteiger charge is -2.29. The van der Waals surface area contributed by atoms with Gasteiger partial charge in [-0.05, 0) is 18.3 Å². The molecule has 0 radical (unpaired) electrons. The molecule has 54 valence electrons. The summed E-state index contributed by atoms with van der Waals surface area (Å²) in [5.41, 5.74) is 0.933. The molecule has 1 aliphatic rings. The third-order valence-electron chi connectivity index (χ3n) is 1.51. The van der Waals surface area contributed by atoms with Gasteiger partial charge in [0, 0.05) is 26.0 Å². The first kappa shape index (κ1) is 7.28. The maximum atomic E-state index is 5.07. The van der Waals surface area contributed by atoms with Crippen molar-refractivity contribution in [1.82, 2.24) is 9.80 Å². The summed E-state index contributed by atoms with van der Waals surface area (Å²) in [6.45, 7) is 3.80. The van der Waals surface area contributed by atoms with E-state index in [2.05, 4.69) is 6.58 Å². The quantitative estimate of drug-likeness (QED) is 0.484. The minimum absolute atomic E-state index is 0.785. The molecule has 0 saturated heterocycles. The molecule has 0 aromatic rings. The van der Waals surface area contributed by atoms with E-state index in [-0.39, 0.29) is 0 Å². The van der Waals surface area contributed by atoms with Gasteiger partial charge in [0.2, 0.25) is 0 Å². The Balaban J connectivity index is 2.89. The molecule has 3 heteroatoms. The lowest BCUT2D eigenvalue weighted by molar-refractivity contribution is 0.523. The molecule has 0 atom stereocenters. The maximum Gasteiger partial charge on any atom is 0.179 e. The van der Waals surface area contributed by atoms with Crippen molar-refractivity contribution in [3.63, 3.8) is 0 Å². The summed E-state index contributed by atoms with van der Waals surface area (Å²) in [5, 5.41) is 0.785. The van der Waals surface area contributed by atoms with Crippen LogP contribution in [-0.4, -0.2) is 29.0 Å². The van der Waals surface area contributed by atoms with Gasteiger partial charge in [0.1, 0.15) is 0 Å². The normalized spacial score (nSPS) is 18.6. The Morgan fingerprint density at radius 2 is 2.10 bits per heavy atom. The van der Waals surface area contributed by atoms with E-state index in [1.807, 2.05) is 36.2 Å². The molecule has 0 spiro atoms. The molecule has 0 aliphatic carbocycles. The molecular weight excluding hydrogens is 144 g/mol. The number of hydrogen-bond donors (Lipinski definition) is 0. The van der Waals surface area contributed by atoms with E-state index < -0.39 is 0 Å². The van der Waals surface area contributed by atoms with Crippen LogP contribution >= 0.6 is 12.2 Å². The number of likely N-dealkylation sites (N-methyl/N-ethyl adjacent to an activating group) is 1. The van der Waals surface area contributed by atoms with Crippen LogP contribution in [0.4, 0.5) is 0 Å². The molecule has 10 heavy (non-hydrogen) atoms. The van der Waals surface area contributed by atoms with Gasteiger partial charge in [-0.15, -0.1) is 0 Å². The molecule has 0 aromatic heterocycles. The van der Waals surface area contributed by atoms with Crippen LogP contribution in [0.3, 0.4) is 0 Å². The zero-order valence-electron chi connectivity index (χ0n) is 6.16. The first-order valence-electron chi connectivity index (χ1n) is 3.00. The molecule has 0 bridgehead atoms.